The second-order valence-corrected chi connectivity index (χ2v) is 4.37. The molecule has 0 fully saturated rings. The third-order valence-electron chi connectivity index (χ3n) is 2.08. The van der Waals surface area contributed by atoms with Crippen molar-refractivity contribution >= 4 is 28.8 Å². The molecule has 18 heavy (non-hydrogen) atoms. The van der Waals surface area contributed by atoms with E-state index in [1.165, 1.54) is 18.2 Å². The molecular weight excluding hydrogens is 255 g/mol. The van der Waals surface area contributed by atoms with Crippen molar-refractivity contribution in [3.8, 4) is 0 Å². The first-order valence-corrected chi connectivity index (χ1v) is 5.82. The fourth-order valence-corrected chi connectivity index (χ4v) is 1.51. The van der Waals surface area contributed by atoms with Gasteiger partial charge in [0.25, 0.3) is 0 Å². The van der Waals surface area contributed by atoms with Gasteiger partial charge in [0.1, 0.15) is 17.4 Å². The van der Waals surface area contributed by atoms with Crippen LogP contribution in [0.5, 0.6) is 0 Å². The fourth-order valence-electron chi connectivity index (χ4n) is 1.31. The maximum atomic E-state index is 13.5. The van der Waals surface area contributed by atoms with Gasteiger partial charge in [0.15, 0.2) is 0 Å². The van der Waals surface area contributed by atoms with Crippen molar-refractivity contribution in [1.29, 1.82) is 0 Å². The predicted octanol–water partition coefficient (Wildman–Crippen LogP) is 1.82. The highest BCUT2D eigenvalue weighted by molar-refractivity contribution is 7.80. The number of hydrogen-bond acceptors (Lipinski definition) is 3. The van der Waals surface area contributed by atoms with Gasteiger partial charge >= 0.3 is 0 Å². The van der Waals surface area contributed by atoms with Crippen LogP contribution in [0.15, 0.2) is 18.2 Å². The molecule has 0 aromatic heterocycles. The first kappa shape index (κ1) is 14.5. The Morgan fingerprint density at radius 2 is 2.22 bits per heavy atom. The van der Waals surface area contributed by atoms with Crippen LogP contribution in [0.1, 0.15) is 19.4 Å². The monoisotopic (exact) mass is 270 g/mol. The molecule has 98 valence electrons. The molecular formula is C12H15FN2O2S. The predicted molar refractivity (Wildman–Crippen MR) is 72.0 cm³/mol. The van der Waals surface area contributed by atoms with Crippen LogP contribution in [0.25, 0.3) is 0 Å². The molecule has 1 aromatic rings. The number of carbonyl (C=O) groups is 1. The Morgan fingerprint density at radius 3 is 2.78 bits per heavy atom. The van der Waals surface area contributed by atoms with Crippen LogP contribution in [0, 0.1) is 5.82 Å². The Balaban J connectivity index is 2.81. The lowest BCUT2D eigenvalue weighted by molar-refractivity contribution is -0.121. The van der Waals surface area contributed by atoms with Crippen molar-refractivity contribution in [1.82, 2.24) is 0 Å². The van der Waals surface area contributed by atoms with Crippen LogP contribution in [-0.4, -0.2) is 23.6 Å². The lowest BCUT2D eigenvalue weighted by atomic mass is 10.1. The highest BCUT2D eigenvalue weighted by atomic mass is 32.1. The summed E-state index contributed by atoms with van der Waals surface area (Å²) in [7, 11) is 0. The van der Waals surface area contributed by atoms with E-state index in [0.29, 0.717) is 0 Å². The number of carbonyl (C=O) groups excluding carboxylic acids is 1. The summed E-state index contributed by atoms with van der Waals surface area (Å²) < 4.78 is 18.7. The van der Waals surface area contributed by atoms with Gasteiger partial charge in [-0.05, 0) is 26.0 Å². The molecule has 3 N–H and O–H groups in total. The van der Waals surface area contributed by atoms with Crippen molar-refractivity contribution in [2.75, 3.05) is 11.9 Å². The molecule has 0 bridgehead atoms. The molecule has 0 atom stereocenters. The first-order valence-electron chi connectivity index (χ1n) is 5.41. The van der Waals surface area contributed by atoms with E-state index in [2.05, 4.69) is 5.32 Å². The number of halogens is 1. The Hall–Kier alpha value is -1.53. The van der Waals surface area contributed by atoms with E-state index in [9.17, 15) is 9.18 Å². The molecule has 0 unspecified atom stereocenters. The van der Waals surface area contributed by atoms with E-state index in [1.54, 1.807) is 0 Å². The minimum Gasteiger partial charge on any atom is -0.389 e. The molecule has 0 aliphatic carbocycles. The number of amides is 1. The number of thiocarbonyl (C=S) groups is 1. The van der Waals surface area contributed by atoms with Crippen molar-refractivity contribution in [3.63, 3.8) is 0 Å². The standard InChI is InChI=1S/C12H15FN2O2S/c1-7(2)17-6-10(16)15-9-5-3-4-8(13)11(9)12(14)18/h3-5,7H,6H2,1-2H3,(H2,14,18)(H,15,16). The molecule has 0 heterocycles. The summed E-state index contributed by atoms with van der Waals surface area (Å²) in [6, 6.07) is 4.23. The van der Waals surface area contributed by atoms with Crippen molar-refractivity contribution in [3.05, 3.63) is 29.6 Å². The lowest BCUT2D eigenvalue weighted by Crippen LogP contribution is -2.23. The van der Waals surface area contributed by atoms with Crippen LogP contribution in [-0.2, 0) is 9.53 Å². The van der Waals surface area contributed by atoms with E-state index < -0.39 is 5.82 Å². The highest BCUT2D eigenvalue weighted by Gasteiger charge is 2.13. The zero-order valence-corrected chi connectivity index (χ0v) is 11.0. The third-order valence-corrected chi connectivity index (χ3v) is 2.29. The van der Waals surface area contributed by atoms with Gasteiger partial charge in [-0.1, -0.05) is 18.3 Å². The summed E-state index contributed by atoms with van der Waals surface area (Å²) in [6.07, 6.45) is -0.0571. The number of nitrogens with two attached hydrogens (primary N) is 1. The summed E-state index contributed by atoms with van der Waals surface area (Å²) in [5.41, 5.74) is 5.70. The molecule has 0 radical (unpaired) electrons. The van der Waals surface area contributed by atoms with E-state index >= 15 is 0 Å². The molecule has 1 aromatic carbocycles. The van der Waals surface area contributed by atoms with Gasteiger partial charge in [-0.3, -0.25) is 4.79 Å². The molecule has 0 spiro atoms. The van der Waals surface area contributed by atoms with Gasteiger partial charge in [0.2, 0.25) is 5.91 Å². The zero-order chi connectivity index (χ0) is 13.7. The molecule has 0 saturated carbocycles. The van der Waals surface area contributed by atoms with Gasteiger partial charge in [-0.2, -0.15) is 0 Å². The van der Waals surface area contributed by atoms with Gasteiger partial charge in [-0.15, -0.1) is 0 Å². The van der Waals surface area contributed by atoms with Crippen molar-refractivity contribution < 1.29 is 13.9 Å². The number of hydrogen-bond donors (Lipinski definition) is 2. The summed E-state index contributed by atoms with van der Waals surface area (Å²) in [6.45, 7) is 3.52. The van der Waals surface area contributed by atoms with E-state index in [-0.39, 0.29) is 34.9 Å². The molecule has 4 nitrogen and oxygen atoms in total. The van der Waals surface area contributed by atoms with Crippen LogP contribution in [0.4, 0.5) is 10.1 Å². The topological polar surface area (TPSA) is 64.3 Å². The van der Waals surface area contributed by atoms with Crippen LogP contribution >= 0.6 is 12.2 Å². The van der Waals surface area contributed by atoms with E-state index in [0.717, 1.165) is 0 Å². The molecule has 1 rings (SSSR count). The van der Waals surface area contributed by atoms with Crippen LogP contribution in [0.2, 0.25) is 0 Å². The average Bonchev–Trinajstić information content (AvgIpc) is 2.26. The average molecular weight is 270 g/mol. The largest absolute Gasteiger partial charge is 0.389 e. The second kappa shape index (κ2) is 6.42. The Kier molecular flexibility index (Phi) is 5.18. The van der Waals surface area contributed by atoms with Crippen molar-refractivity contribution in [2.24, 2.45) is 5.73 Å². The summed E-state index contributed by atoms with van der Waals surface area (Å²) in [5, 5.41) is 2.52. The Labute approximate surface area is 110 Å². The lowest BCUT2D eigenvalue weighted by Gasteiger charge is -2.12. The molecule has 0 aliphatic rings. The maximum Gasteiger partial charge on any atom is 0.250 e. The number of ether oxygens (including phenoxy) is 1. The summed E-state index contributed by atoms with van der Waals surface area (Å²) in [4.78, 5) is 11.5. The van der Waals surface area contributed by atoms with E-state index in [1.807, 2.05) is 13.8 Å². The minimum atomic E-state index is -0.565. The molecule has 6 heteroatoms. The Bertz CT molecular complexity index is 463. The smallest absolute Gasteiger partial charge is 0.250 e. The minimum absolute atomic E-state index is 0.0328. The number of anilines is 1. The first-order chi connectivity index (χ1) is 8.41. The maximum absolute atomic E-state index is 13.5. The quantitative estimate of drug-likeness (QED) is 0.801. The SMILES string of the molecule is CC(C)OCC(=O)Nc1cccc(F)c1C(N)=S. The number of nitrogens with one attached hydrogen (secondary N) is 1. The van der Waals surface area contributed by atoms with Gasteiger partial charge in [0.05, 0.1) is 17.4 Å². The Morgan fingerprint density at radius 1 is 1.56 bits per heavy atom. The molecule has 0 saturated heterocycles. The second-order valence-electron chi connectivity index (χ2n) is 3.93. The van der Waals surface area contributed by atoms with Crippen LogP contribution in [0.3, 0.4) is 0 Å². The normalized spacial score (nSPS) is 10.4. The highest BCUT2D eigenvalue weighted by Crippen LogP contribution is 2.18. The molecule has 0 aliphatic heterocycles. The van der Waals surface area contributed by atoms with Crippen LogP contribution < -0.4 is 11.1 Å². The number of benzene rings is 1. The summed E-state index contributed by atoms with van der Waals surface area (Å²) in [5.74, 6) is -0.947. The summed E-state index contributed by atoms with van der Waals surface area (Å²) >= 11 is 4.75. The third kappa shape index (κ3) is 4.05. The van der Waals surface area contributed by atoms with Crippen molar-refractivity contribution in [2.45, 2.75) is 20.0 Å². The van der Waals surface area contributed by atoms with Gasteiger partial charge < -0.3 is 15.8 Å². The zero-order valence-electron chi connectivity index (χ0n) is 10.2. The fraction of sp³-hybridized carbons (Fsp3) is 0.333. The molecule has 1 amide bonds. The number of rotatable bonds is 5. The van der Waals surface area contributed by atoms with Gasteiger partial charge in [0, 0.05) is 0 Å². The van der Waals surface area contributed by atoms with Gasteiger partial charge in [-0.25, -0.2) is 4.39 Å². The van der Waals surface area contributed by atoms with E-state index in [4.69, 9.17) is 22.7 Å².